The molecule has 0 spiro atoms. The highest BCUT2D eigenvalue weighted by atomic mass is 80.0. The average Bonchev–Trinajstić information content (AvgIpc) is 0.811. The van der Waals surface area contributed by atoms with Gasteiger partial charge in [0, 0.05) is 0 Å². The largest absolute Gasteiger partial charge is 0.433 e. The molecule has 0 saturated heterocycles. The zero-order valence-corrected chi connectivity index (χ0v) is 3.23. The van der Waals surface area contributed by atoms with Crippen molar-refractivity contribution in [3.05, 3.63) is 0 Å². The Morgan fingerprint density at radius 1 is 1.50 bits per heavy atom. The Bertz CT molecular complexity index is 8.00. The van der Waals surface area contributed by atoms with Crippen LogP contribution in [0.3, 0.4) is 0 Å². The van der Waals surface area contributed by atoms with Crippen molar-refractivity contribution in [2.24, 2.45) is 0 Å². The van der Waals surface area contributed by atoms with Gasteiger partial charge in [-0.25, -0.2) is 0 Å². The monoisotopic (exact) mass is 134 g/mol. The molecule has 0 aliphatic carbocycles. The lowest BCUT2D eigenvalue weighted by Crippen LogP contribution is -2.30. The fraction of sp³-hybridized carbons (Fsp3) is 0. The Morgan fingerprint density at radius 3 is 1.50 bits per heavy atom. The van der Waals surface area contributed by atoms with Crippen molar-refractivity contribution in [2.75, 3.05) is 0 Å². The maximum Gasteiger partial charge on any atom is 0.433 e. The molecule has 0 aromatic carbocycles. The van der Waals surface area contributed by atoms with Crippen molar-refractivity contribution >= 4 is 0 Å². The number of hydrogen-bond acceptors (Lipinski definition) is 3. The Morgan fingerprint density at radius 2 is 1.50 bits per heavy atom. The van der Waals surface area contributed by atoms with Crippen LogP contribution in [-0.2, 0) is 0 Å². The highest BCUT2D eigenvalue weighted by molar-refractivity contribution is 1.94. The van der Waals surface area contributed by atoms with Gasteiger partial charge in [0.2, 0.25) is 0 Å². The van der Waals surface area contributed by atoms with Crippen LogP contribution in [0.5, 0.6) is 0 Å². The first kappa shape index (κ1) is 4.36. The first-order valence-electron chi connectivity index (χ1n) is 0.478. The van der Waals surface area contributed by atoms with Crippen molar-refractivity contribution < 1.29 is 27.4 Å². The molecule has 3 nitrogen and oxygen atoms in total. The Kier molecular flexibility index (Phi) is 1.81. The van der Waals surface area contributed by atoms with Crippen molar-refractivity contribution in [2.45, 2.75) is 0 Å². The molecule has 0 aliphatic rings. The first-order chi connectivity index (χ1) is 1.73. The van der Waals surface area contributed by atoms with E-state index in [1.54, 1.807) is 0 Å². The lowest BCUT2D eigenvalue weighted by Gasteiger charge is -1.69. The van der Waals surface area contributed by atoms with Crippen LogP contribution in [0.15, 0.2) is 0 Å². The minimum atomic E-state index is -3.40. The smallest absolute Gasteiger partial charge is 0.372 e. The van der Waals surface area contributed by atoms with Gasteiger partial charge in [0.1, 0.15) is 0 Å². The average molecular weight is 135 g/mol. The highest BCUT2D eigenvalue weighted by Gasteiger charge is 1.86. The molecule has 0 radical (unpaired) electrons. The number of rotatable bonds is 0. The SMILES string of the molecule is [18O-][Br+2]([18O-])[18OH]. The van der Waals surface area contributed by atoms with E-state index < -0.39 is 14.8 Å². The summed E-state index contributed by atoms with van der Waals surface area (Å²) in [4.78, 5) is 0. The van der Waals surface area contributed by atoms with Crippen LogP contribution in [0.25, 0.3) is 0 Å². The normalized spacial score (nSPS) is 9.00. The molecule has 0 fully saturated rings. The molecule has 4 heavy (non-hydrogen) atoms. The minimum Gasteiger partial charge on any atom is -0.372 e. The molecule has 0 saturated carbocycles. The van der Waals surface area contributed by atoms with Crippen molar-refractivity contribution in [1.29, 1.82) is 0 Å². The molecule has 0 atom stereocenters. The summed E-state index contributed by atoms with van der Waals surface area (Å²) in [6, 6.07) is 0. The molecule has 0 aliphatic heterocycles. The van der Waals surface area contributed by atoms with Gasteiger partial charge in [0.05, 0.1) is 0 Å². The zero-order chi connectivity index (χ0) is 3.58. The fourth-order valence-electron chi connectivity index (χ4n) is 0. The van der Waals surface area contributed by atoms with Crippen LogP contribution in [0, 0.1) is 14.8 Å². The van der Waals surface area contributed by atoms with Crippen LogP contribution in [-0.4, -0.2) is 4.20 Å². The lowest BCUT2D eigenvalue weighted by atomic mass is 18.0. The van der Waals surface area contributed by atoms with E-state index in [0.717, 1.165) is 0 Å². The second kappa shape index (κ2) is 1.66. The minimum absolute atomic E-state index is 3.40. The van der Waals surface area contributed by atoms with E-state index in [2.05, 4.69) is 0 Å². The summed E-state index contributed by atoms with van der Waals surface area (Å²) in [5.41, 5.74) is 0. The van der Waals surface area contributed by atoms with Crippen LogP contribution >= 0.6 is 0 Å². The van der Waals surface area contributed by atoms with E-state index >= 15 is 0 Å². The van der Waals surface area contributed by atoms with Gasteiger partial charge in [0.25, 0.3) is 0 Å². The molecule has 0 rings (SSSR count). The molecule has 4 heteroatoms. The highest BCUT2D eigenvalue weighted by Crippen LogP contribution is 1.38. The van der Waals surface area contributed by atoms with Crippen LogP contribution in [0.1, 0.15) is 0 Å². The van der Waals surface area contributed by atoms with E-state index in [-0.39, 0.29) is 0 Å². The van der Waals surface area contributed by atoms with Crippen LogP contribution < -0.4 is 8.40 Å². The second-order valence-corrected chi connectivity index (χ2v) is 1.04. The summed E-state index contributed by atoms with van der Waals surface area (Å²) in [5, 5.41) is 0. The fourth-order valence-corrected chi connectivity index (χ4v) is 0. The zero-order valence-electron chi connectivity index (χ0n) is 1.64. The van der Waals surface area contributed by atoms with Gasteiger partial charge in [-0.1, -0.05) is 0 Å². The number of halogens is 1. The molecule has 0 heterocycles. The predicted octanol–water partition coefficient (Wildman–Crippen LogP) is -2.94. The maximum atomic E-state index is 8.63. The molecule has 26 valence electrons. The molecule has 1 N–H and O–H groups in total. The molecule has 0 amide bonds. The summed E-state index contributed by atoms with van der Waals surface area (Å²) >= 11 is -3.40. The van der Waals surface area contributed by atoms with Gasteiger partial charge in [-0.2, -0.15) is 0 Å². The summed E-state index contributed by atoms with van der Waals surface area (Å²) in [5.74, 6) is 0. The topological polar surface area (TPSA) is 66.3 Å². The Balaban J connectivity index is 2.32. The molecule has 0 unspecified atom stereocenters. The third-order valence-electron chi connectivity index (χ3n) is 0. The van der Waals surface area contributed by atoms with E-state index in [1.165, 1.54) is 0 Å². The first-order valence-corrected chi connectivity index (χ1v) is 2.48. The summed E-state index contributed by atoms with van der Waals surface area (Å²) in [6.45, 7) is 0. The van der Waals surface area contributed by atoms with E-state index in [0.29, 0.717) is 0 Å². The molecule has 0 aromatic rings. The van der Waals surface area contributed by atoms with E-state index in [1.807, 2.05) is 0 Å². The van der Waals surface area contributed by atoms with Gasteiger partial charge in [-0.3, -0.25) is 0 Å². The van der Waals surface area contributed by atoms with E-state index in [9.17, 15) is 0 Å². The summed E-state index contributed by atoms with van der Waals surface area (Å²) in [7, 11) is 0. The van der Waals surface area contributed by atoms with Crippen LogP contribution in [0.2, 0.25) is 0 Å². The van der Waals surface area contributed by atoms with Gasteiger partial charge < -0.3 is 8.40 Å². The van der Waals surface area contributed by atoms with Gasteiger partial charge in [0.15, 0.2) is 0 Å². The second-order valence-electron chi connectivity index (χ2n) is 0.201. The van der Waals surface area contributed by atoms with Crippen molar-refractivity contribution in [1.82, 2.24) is 0 Å². The van der Waals surface area contributed by atoms with Crippen LogP contribution in [0.4, 0.5) is 0 Å². The number of hydrogen-bond donors (Lipinski definition) is 1. The standard InChI is InChI=1S/BrHO3/c2-1(3)4/h2H/i2+2,3+2,4+2. The van der Waals surface area contributed by atoms with Gasteiger partial charge >= 0.3 is 14.8 Å². The third-order valence-corrected chi connectivity index (χ3v) is 0. The lowest BCUT2D eigenvalue weighted by molar-refractivity contribution is -1.63. The molecular formula is HBrO3. The Labute approximate surface area is 28.3 Å². The summed E-state index contributed by atoms with van der Waals surface area (Å²) in [6.07, 6.45) is 0. The van der Waals surface area contributed by atoms with E-state index in [4.69, 9.17) is 12.6 Å². The van der Waals surface area contributed by atoms with Crippen molar-refractivity contribution in [3.63, 3.8) is 0 Å². The summed E-state index contributed by atoms with van der Waals surface area (Å²) < 4.78 is 24.3. The third kappa shape index (κ3) is 33.7. The Hall–Kier alpha value is 0.360. The predicted molar refractivity (Wildman–Crippen MR) is 2.22 cm³/mol. The quantitative estimate of drug-likeness (QED) is 0.361. The maximum absolute atomic E-state index is 8.63. The molecular weight excluding hydrogens is 134 g/mol. The molecule has 0 aromatic heterocycles. The van der Waals surface area contributed by atoms with Crippen molar-refractivity contribution in [3.8, 4) is 0 Å². The van der Waals surface area contributed by atoms with Gasteiger partial charge in [-0.05, 0) is 4.20 Å². The van der Waals surface area contributed by atoms with Gasteiger partial charge in [-0.15, -0.1) is 0 Å². The molecule has 0 bridgehead atoms.